The van der Waals surface area contributed by atoms with E-state index >= 15 is 0 Å². The lowest BCUT2D eigenvalue weighted by atomic mass is 10.0. The first-order chi connectivity index (χ1) is 24.0. The Morgan fingerprint density at radius 1 is 0.531 bits per heavy atom. The quantitative estimate of drug-likeness (QED) is 0.0382. The fourth-order valence-electron chi connectivity index (χ4n) is 6.18. The average Bonchev–Trinajstić information content (AvgIpc) is 3.08. The van der Waals surface area contributed by atoms with Crippen molar-refractivity contribution in [3.05, 3.63) is 24.3 Å². The van der Waals surface area contributed by atoms with E-state index in [1.54, 1.807) is 0 Å². The van der Waals surface area contributed by atoms with Crippen molar-refractivity contribution in [1.82, 2.24) is 5.32 Å². The smallest absolute Gasteiger partial charge is 0.322 e. The second-order valence-corrected chi connectivity index (χ2v) is 14.2. The monoisotopic (exact) mass is 690 g/mol. The maximum Gasteiger partial charge on any atom is 0.322 e. The van der Waals surface area contributed by atoms with Crippen LogP contribution in [-0.2, 0) is 19.1 Å². The van der Waals surface area contributed by atoms with E-state index in [4.69, 9.17) is 9.84 Å². The van der Waals surface area contributed by atoms with Crippen molar-refractivity contribution in [3.8, 4) is 0 Å². The standard InChI is InChI=1S/C43H79NO5/c1-3-5-7-9-11-13-14-15-16-17-18-19-20-22-24-30-34-38-43(48)49-40(35-31-27-23-21-12-10-8-6-4-2)36-32-28-25-26-29-33-37-41(45)44-39-42(46)47/h15-16,31,35,40H,3-14,17-30,32-34,36-39H2,1-2H3,(H,44,45)(H,46,47)/b16-15-,35-31-. The van der Waals surface area contributed by atoms with Gasteiger partial charge in [-0.2, -0.15) is 0 Å². The SMILES string of the molecule is CCCCCCCC/C=C\CCCCCCCCCC(=O)OC(/C=C\CCCCCCCCC)CCCCCCCCC(=O)NCC(=O)O. The highest BCUT2D eigenvalue weighted by molar-refractivity contribution is 5.80. The van der Waals surface area contributed by atoms with Gasteiger partial charge in [-0.3, -0.25) is 14.4 Å². The molecule has 0 heterocycles. The Bertz CT molecular complexity index is 808. The second kappa shape index (κ2) is 38.7. The number of allylic oxidation sites excluding steroid dienone is 3. The van der Waals surface area contributed by atoms with Gasteiger partial charge in [0.05, 0.1) is 0 Å². The molecule has 0 aromatic heterocycles. The van der Waals surface area contributed by atoms with Crippen LogP contribution in [-0.4, -0.2) is 35.6 Å². The first-order valence-corrected chi connectivity index (χ1v) is 21.0. The number of hydrogen-bond donors (Lipinski definition) is 2. The van der Waals surface area contributed by atoms with Crippen molar-refractivity contribution >= 4 is 17.8 Å². The molecule has 2 N–H and O–H groups in total. The fraction of sp³-hybridized carbons (Fsp3) is 0.837. The zero-order chi connectivity index (χ0) is 35.9. The fourth-order valence-corrected chi connectivity index (χ4v) is 6.18. The third-order valence-electron chi connectivity index (χ3n) is 9.33. The highest BCUT2D eigenvalue weighted by Gasteiger charge is 2.11. The van der Waals surface area contributed by atoms with Gasteiger partial charge in [0.25, 0.3) is 0 Å². The number of esters is 1. The van der Waals surface area contributed by atoms with Crippen molar-refractivity contribution < 1.29 is 24.2 Å². The van der Waals surface area contributed by atoms with E-state index in [1.807, 2.05) is 0 Å². The average molecular weight is 690 g/mol. The normalized spacial score (nSPS) is 12.2. The minimum Gasteiger partial charge on any atom is -0.480 e. The molecule has 0 aromatic carbocycles. The highest BCUT2D eigenvalue weighted by Crippen LogP contribution is 2.16. The molecule has 1 unspecified atom stereocenters. The summed E-state index contributed by atoms with van der Waals surface area (Å²) in [5, 5.41) is 11.1. The first kappa shape index (κ1) is 46.9. The van der Waals surface area contributed by atoms with Crippen LogP contribution >= 0.6 is 0 Å². The van der Waals surface area contributed by atoms with Crippen molar-refractivity contribution in [3.63, 3.8) is 0 Å². The van der Waals surface area contributed by atoms with Gasteiger partial charge in [0, 0.05) is 12.8 Å². The van der Waals surface area contributed by atoms with Crippen LogP contribution in [0.2, 0.25) is 0 Å². The topological polar surface area (TPSA) is 92.7 Å². The molecule has 0 spiro atoms. The lowest BCUT2D eigenvalue weighted by molar-refractivity contribution is -0.147. The number of amides is 1. The first-order valence-electron chi connectivity index (χ1n) is 21.0. The summed E-state index contributed by atoms with van der Waals surface area (Å²) in [5.74, 6) is -1.26. The van der Waals surface area contributed by atoms with Crippen molar-refractivity contribution in [1.29, 1.82) is 0 Å². The number of nitrogens with one attached hydrogen (secondary N) is 1. The van der Waals surface area contributed by atoms with Crippen LogP contribution in [0.3, 0.4) is 0 Å². The van der Waals surface area contributed by atoms with E-state index in [0.717, 1.165) is 64.2 Å². The maximum atomic E-state index is 12.7. The van der Waals surface area contributed by atoms with Crippen LogP contribution < -0.4 is 5.32 Å². The van der Waals surface area contributed by atoms with Crippen LogP contribution in [0.15, 0.2) is 24.3 Å². The number of unbranched alkanes of at least 4 members (excludes halogenated alkanes) is 25. The molecule has 6 heteroatoms. The Balaban J connectivity index is 4.12. The summed E-state index contributed by atoms with van der Waals surface area (Å²) in [6, 6.07) is 0. The van der Waals surface area contributed by atoms with Crippen LogP contribution in [0.25, 0.3) is 0 Å². The van der Waals surface area contributed by atoms with Crippen molar-refractivity contribution in [2.24, 2.45) is 0 Å². The molecule has 0 saturated carbocycles. The molecule has 0 aliphatic carbocycles. The summed E-state index contributed by atoms with van der Waals surface area (Å²) in [7, 11) is 0. The van der Waals surface area contributed by atoms with Gasteiger partial charge >= 0.3 is 11.9 Å². The predicted octanol–water partition coefficient (Wildman–Crippen LogP) is 12.7. The number of carbonyl (C=O) groups excluding carboxylic acids is 2. The van der Waals surface area contributed by atoms with E-state index in [1.165, 1.54) is 128 Å². The van der Waals surface area contributed by atoms with E-state index in [0.29, 0.717) is 12.8 Å². The number of ether oxygens (including phenoxy) is 1. The molecule has 1 amide bonds. The summed E-state index contributed by atoms with van der Waals surface area (Å²) in [4.78, 5) is 34.9. The zero-order valence-electron chi connectivity index (χ0n) is 32.3. The Kier molecular flexibility index (Phi) is 37.0. The third kappa shape index (κ3) is 38.5. The van der Waals surface area contributed by atoms with Gasteiger partial charge in [-0.25, -0.2) is 0 Å². The summed E-state index contributed by atoms with van der Waals surface area (Å²) in [6.07, 6.45) is 46.0. The number of carboxylic acid groups (broad SMARTS) is 1. The van der Waals surface area contributed by atoms with Crippen molar-refractivity contribution in [2.75, 3.05) is 6.54 Å². The van der Waals surface area contributed by atoms with E-state index in [2.05, 4.69) is 43.5 Å². The highest BCUT2D eigenvalue weighted by atomic mass is 16.5. The second-order valence-electron chi connectivity index (χ2n) is 14.2. The molecule has 0 aliphatic rings. The van der Waals surface area contributed by atoms with Gasteiger partial charge in [-0.05, 0) is 70.3 Å². The molecule has 0 bridgehead atoms. The van der Waals surface area contributed by atoms with E-state index in [-0.39, 0.29) is 24.5 Å². The van der Waals surface area contributed by atoms with Gasteiger partial charge in [-0.1, -0.05) is 160 Å². The number of aliphatic carboxylic acids is 1. The molecule has 286 valence electrons. The van der Waals surface area contributed by atoms with Crippen LogP contribution in [0.5, 0.6) is 0 Å². The minimum absolute atomic E-state index is 0.0560. The Hall–Kier alpha value is -2.11. The summed E-state index contributed by atoms with van der Waals surface area (Å²) in [6.45, 7) is 4.22. The molecule has 0 saturated heterocycles. The lowest BCUT2D eigenvalue weighted by Crippen LogP contribution is -2.28. The lowest BCUT2D eigenvalue weighted by Gasteiger charge is -2.15. The zero-order valence-corrected chi connectivity index (χ0v) is 32.3. The largest absolute Gasteiger partial charge is 0.480 e. The number of hydrogen-bond acceptors (Lipinski definition) is 4. The Morgan fingerprint density at radius 3 is 1.43 bits per heavy atom. The Morgan fingerprint density at radius 2 is 0.939 bits per heavy atom. The van der Waals surface area contributed by atoms with Gasteiger partial charge in [-0.15, -0.1) is 0 Å². The molecule has 1 atom stereocenters. The number of rotatable bonds is 38. The molecule has 49 heavy (non-hydrogen) atoms. The maximum absolute atomic E-state index is 12.7. The van der Waals surface area contributed by atoms with E-state index < -0.39 is 5.97 Å². The summed E-state index contributed by atoms with van der Waals surface area (Å²) >= 11 is 0. The van der Waals surface area contributed by atoms with E-state index in [9.17, 15) is 14.4 Å². The number of carbonyl (C=O) groups is 3. The van der Waals surface area contributed by atoms with Gasteiger partial charge in [0.15, 0.2) is 0 Å². The third-order valence-corrected chi connectivity index (χ3v) is 9.33. The van der Waals surface area contributed by atoms with Crippen molar-refractivity contribution in [2.45, 2.75) is 225 Å². The molecule has 6 nitrogen and oxygen atoms in total. The van der Waals surface area contributed by atoms with Crippen LogP contribution in [0, 0.1) is 0 Å². The van der Waals surface area contributed by atoms with Crippen LogP contribution in [0.1, 0.15) is 219 Å². The molecular formula is C43H79NO5. The summed E-state index contributed by atoms with van der Waals surface area (Å²) in [5.41, 5.74) is 0. The van der Waals surface area contributed by atoms with Crippen LogP contribution in [0.4, 0.5) is 0 Å². The molecule has 0 fully saturated rings. The molecule has 0 radical (unpaired) electrons. The summed E-state index contributed by atoms with van der Waals surface area (Å²) < 4.78 is 5.94. The number of carboxylic acids is 1. The minimum atomic E-state index is -1.02. The van der Waals surface area contributed by atoms with Gasteiger partial charge in [0.1, 0.15) is 12.6 Å². The Labute approximate surface area is 303 Å². The van der Waals surface area contributed by atoms with Gasteiger partial charge < -0.3 is 15.2 Å². The predicted molar refractivity (Wildman–Crippen MR) is 208 cm³/mol. The molecule has 0 aliphatic heterocycles. The van der Waals surface area contributed by atoms with Gasteiger partial charge in [0.2, 0.25) is 5.91 Å². The molecular weight excluding hydrogens is 610 g/mol. The molecule has 0 aromatic rings. The molecule has 0 rings (SSSR count).